The standard InChI is InChI=1S/C50H78O19/c1-23-39(53)44(57-10)40(54)46(63-23)67-43-26(4)62-38(20-34(43)56-9)66-42-25(3)61-37(19-33(42)55-8)65-41-24(2)60-36(18-32(41)52)64-29-13-16-49(22-58-27(5)51)28(17-29)11-12-31-30(49)14-15-47(6)45-35-21-59-48(45,7)69-50(31,47)68-35/h11,23-26,29-46,52-54H,12-22H2,1-10H3/t23-,24-,25-,26-,29+,30+,31-,32-,33+,34-,35-,36+,37+,38+,39-,40-,41-,42-,43-,44+,45+,46+,47-,48+,49-,50+/m1/s1. The van der Waals surface area contributed by atoms with Crippen molar-refractivity contribution in [1.82, 2.24) is 0 Å². The number of carbonyl (C=O) groups excluding carboxylic acids is 1. The van der Waals surface area contributed by atoms with E-state index in [1.807, 2.05) is 20.8 Å². The van der Waals surface area contributed by atoms with Crippen LogP contribution in [0.4, 0.5) is 0 Å². The summed E-state index contributed by atoms with van der Waals surface area (Å²) in [6.45, 7) is 14.1. The second-order valence-electron chi connectivity index (χ2n) is 22.1. The highest BCUT2D eigenvalue weighted by Crippen LogP contribution is 2.76. The molecular formula is C50H78O19. The molecule has 0 aromatic rings. The van der Waals surface area contributed by atoms with Crippen LogP contribution < -0.4 is 0 Å². The number of carbonyl (C=O) groups is 1. The van der Waals surface area contributed by atoms with Crippen molar-refractivity contribution in [3.05, 3.63) is 11.6 Å². The lowest BCUT2D eigenvalue weighted by Crippen LogP contribution is -2.61. The topological polar surface area (TPSA) is 216 Å². The summed E-state index contributed by atoms with van der Waals surface area (Å²) in [7, 11) is 4.61. The summed E-state index contributed by atoms with van der Waals surface area (Å²) < 4.78 is 94.2. The first kappa shape index (κ1) is 51.0. The summed E-state index contributed by atoms with van der Waals surface area (Å²) in [4.78, 5) is 12.4. The maximum atomic E-state index is 12.4. The summed E-state index contributed by atoms with van der Waals surface area (Å²) >= 11 is 0. The molecule has 0 unspecified atom stereocenters. The lowest BCUT2D eigenvalue weighted by molar-refractivity contribution is -0.359. The minimum absolute atomic E-state index is 0.0280. The maximum Gasteiger partial charge on any atom is 0.302 e. The molecule has 19 nitrogen and oxygen atoms in total. The molecule has 3 N–H and O–H groups in total. The normalized spacial score (nSPS) is 54.6. The van der Waals surface area contributed by atoms with Gasteiger partial charge in [-0.1, -0.05) is 18.6 Å². The van der Waals surface area contributed by atoms with E-state index in [2.05, 4.69) is 19.9 Å². The molecule has 10 rings (SSSR count). The first-order valence-electron chi connectivity index (χ1n) is 25.6. The summed E-state index contributed by atoms with van der Waals surface area (Å²) in [5, 5.41) is 32.9. The van der Waals surface area contributed by atoms with Gasteiger partial charge in [-0.2, -0.15) is 0 Å². The molecule has 0 amide bonds. The van der Waals surface area contributed by atoms with E-state index in [1.54, 1.807) is 21.1 Å². The molecule has 2 bridgehead atoms. The third-order valence-electron chi connectivity index (χ3n) is 18.2. The van der Waals surface area contributed by atoms with Gasteiger partial charge >= 0.3 is 5.97 Å². The summed E-state index contributed by atoms with van der Waals surface area (Å²) in [5.74, 6) is -1.18. The first-order chi connectivity index (χ1) is 32.9. The molecule has 0 aromatic carbocycles. The van der Waals surface area contributed by atoms with Gasteiger partial charge in [-0.3, -0.25) is 4.79 Å². The fourth-order valence-electron chi connectivity index (χ4n) is 15.0. The lowest BCUT2D eigenvalue weighted by atomic mass is 9.47. The predicted octanol–water partition coefficient (Wildman–Crippen LogP) is 3.39. The van der Waals surface area contributed by atoms with E-state index in [-0.39, 0.29) is 53.2 Å². The minimum Gasteiger partial charge on any atom is -0.465 e. The largest absolute Gasteiger partial charge is 0.465 e. The molecule has 392 valence electrons. The van der Waals surface area contributed by atoms with E-state index in [1.165, 1.54) is 19.6 Å². The van der Waals surface area contributed by atoms with Gasteiger partial charge in [0.2, 0.25) is 0 Å². The lowest BCUT2D eigenvalue weighted by Gasteiger charge is -2.60. The van der Waals surface area contributed by atoms with Crippen LogP contribution in [0.3, 0.4) is 0 Å². The van der Waals surface area contributed by atoms with Crippen LogP contribution in [0.5, 0.6) is 0 Å². The molecular weight excluding hydrogens is 905 g/mol. The van der Waals surface area contributed by atoms with Gasteiger partial charge in [0.25, 0.3) is 0 Å². The molecule has 9 fully saturated rings. The Bertz CT molecular complexity index is 1860. The fraction of sp³-hybridized carbons (Fsp3) is 0.940. The highest BCUT2D eigenvalue weighted by molar-refractivity contribution is 5.66. The summed E-state index contributed by atoms with van der Waals surface area (Å²) in [5.41, 5.74) is 0.746. The number of hydrogen-bond donors (Lipinski definition) is 3. The Labute approximate surface area is 405 Å². The van der Waals surface area contributed by atoms with Crippen molar-refractivity contribution in [2.24, 2.45) is 28.6 Å². The second kappa shape index (κ2) is 19.3. The molecule has 0 spiro atoms. The van der Waals surface area contributed by atoms with Gasteiger partial charge < -0.3 is 86.4 Å². The Balaban J connectivity index is 0.731. The van der Waals surface area contributed by atoms with Gasteiger partial charge in [-0.15, -0.1) is 0 Å². The van der Waals surface area contributed by atoms with Crippen molar-refractivity contribution < 1.29 is 91.2 Å². The van der Waals surface area contributed by atoms with Gasteiger partial charge in [0.05, 0.1) is 67.5 Å². The molecule has 7 heterocycles. The van der Waals surface area contributed by atoms with Crippen LogP contribution in [0.1, 0.15) is 106 Å². The molecule has 69 heavy (non-hydrogen) atoms. The van der Waals surface area contributed by atoms with Gasteiger partial charge in [0.1, 0.15) is 43.2 Å². The molecule has 7 aliphatic heterocycles. The highest BCUT2D eigenvalue weighted by Gasteiger charge is 2.83. The Morgan fingerprint density at radius 1 is 0.725 bits per heavy atom. The number of allylic oxidation sites excluding steroid dienone is 1. The minimum atomic E-state index is -1.23. The van der Waals surface area contributed by atoms with Crippen LogP contribution in [-0.4, -0.2) is 184 Å². The van der Waals surface area contributed by atoms with E-state index < -0.39 is 116 Å². The van der Waals surface area contributed by atoms with Crippen LogP contribution in [0, 0.1) is 28.6 Å². The van der Waals surface area contributed by atoms with Crippen LogP contribution in [0.2, 0.25) is 0 Å². The van der Waals surface area contributed by atoms with Gasteiger partial charge in [0.15, 0.2) is 36.7 Å². The number of aliphatic hydroxyl groups excluding tert-OH is 3. The molecule has 0 radical (unpaired) electrons. The number of fused-ring (bicyclic) bond motifs is 3. The van der Waals surface area contributed by atoms with Crippen LogP contribution in [-0.2, 0) is 75.8 Å². The first-order valence-corrected chi connectivity index (χ1v) is 25.6. The summed E-state index contributed by atoms with van der Waals surface area (Å²) in [6.07, 6.45) is -4.06. The molecule has 19 heteroatoms. The summed E-state index contributed by atoms with van der Waals surface area (Å²) in [6, 6.07) is 0. The SMILES string of the molecule is CO[C@@H]1[C@@H](O)[C@H](O[C@@H]2[C@@H](C)O[C@@H](O[C@H]3[C@@H](OC)C[C@H](O[C@H]4[C@H](O)C[C@H](O[C@H]5CC[C@@]6(COC(C)=O)C(=CC[C@@H]7[C@@H]6CC[C@]6(C)[C@@H]8[C@H]9CO[C@@]8(C)O[C@@]76O9)C5)O[C@@H]4C)O[C@@H]3C)C[C@H]2OC)O[C@H](C)[C@H]1O. The zero-order chi connectivity index (χ0) is 48.9. The van der Waals surface area contributed by atoms with E-state index in [0.29, 0.717) is 32.5 Å². The quantitative estimate of drug-likeness (QED) is 0.178. The van der Waals surface area contributed by atoms with Gasteiger partial charge in [-0.05, 0) is 79.1 Å². The highest BCUT2D eigenvalue weighted by atomic mass is 16.8. The van der Waals surface area contributed by atoms with Crippen molar-refractivity contribution in [3.63, 3.8) is 0 Å². The van der Waals surface area contributed by atoms with Crippen molar-refractivity contribution in [2.75, 3.05) is 34.5 Å². The van der Waals surface area contributed by atoms with Crippen molar-refractivity contribution >= 4 is 5.97 Å². The number of esters is 1. The Hall–Kier alpha value is -1.47. The molecule has 26 atom stereocenters. The average Bonchev–Trinajstić information content (AvgIpc) is 3.80. The zero-order valence-corrected chi connectivity index (χ0v) is 41.9. The number of aliphatic hydroxyl groups is 3. The molecule has 10 aliphatic rings. The Kier molecular flexibility index (Phi) is 14.3. The second-order valence-corrected chi connectivity index (χ2v) is 22.1. The molecule has 0 aromatic heterocycles. The van der Waals surface area contributed by atoms with E-state index in [0.717, 1.165) is 32.1 Å². The predicted molar refractivity (Wildman–Crippen MR) is 238 cm³/mol. The van der Waals surface area contributed by atoms with Crippen LogP contribution >= 0.6 is 0 Å². The third-order valence-corrected chi connectivity index (χ3v) is 18.2. The Morgan fingerprint density at radius 2 is 1.36 bits per heavy atom. The monoisotopic (exact) mass is 983 g/mol. The average molecular weight is 983 g/mol. The van der Waals surface area contributed by atoms with E-state index in [4.69, 9.17) is 71.1 Å². The third kappa shape index (κ3) is 8.60. The smallest absolute Gasteiger partial charge is 0.302 e. The maximum absolute atomic E-state index is 12.4. The van der Waals surface area contributed by atoms with Crippen molar-refractivity contribution in [2.45, 2.75) is 235 Å². The van der Waals surface area contributed by atoms with Crippen LogP contribution in [0.25, 0.3) is 0 Å². The van der Waals surface area contributed by atoms with Crippen LogP contribution in [0.15, 0.2) is 11.6 Å². The van der Waals surface area contributed by atoms with Gasteiger partial charge in [-0.25, -0.2) is 0 Å². The zero-order valence-electron chi connectivity index (χ0n) is 41.9. The molecule has 3 aliphatic carbocycles. The number of hydrogen-bond acceptors (Lipinski definition) is 19. The molecule has 7 saturated heterocycles. The number of methoxy groups -OCH3 is 3. The van der Waals surface area contributed by atoms with E-state index >= 15 is 0 Å². The van der Waals surface area contributed by atoms with Crippen molar-refractivity contribution in [1.29, 1.82) is 0 Å². The Morgan fingerprint density at radius 3 is 1.99 bits per heavy atom. The van der Waals surface area contributed by atoms with Crippen molar-refractivity contribution in [3.8, 4) is 0 Å². The number of ether oxygens (including phenoxy) is 15. The van der Waals surface area contributed by atoms with E-state index in [9.17, 15) is 20.1 Å². The molecule has 2 saturated carbocycles. The van der Waals surface area contributed by atoms with Gasteiger partial charge in [0, 0.05) is 64.3 Å². The number of rotatable bonds is 13. The fourth-order valence-corrected chi connectivity index (χ4v) is 15.0.